The van der Waals surface area contributed by atoms with E-state index in [0.717, 1.165) is 19.3 Å². The van der Waals surface area contributed by atoms with Gasteiger partial charge in [-0.15, -0.1) is 0 Å². The lowest BCUT2D eigenvalue weighted by Crippen LogP contribution is -2.55. The minimum absolute atomic E-state index is 0.0132. The van der Waals surface area contributed by atoms with E-state index in [1.807, 2.05) is 39.6 Å². The molecule has 1 heterocycles. The van der Waals surface area contributed by atoms with E-state index >= 15 is 0 Å². The van der Waals surface area contributed by atoms with Crippen molar-refractivity contribution in [3.63, 3.8) is 0 Å². The van der Waals surface area contributed by atoms with E-state index in [1.165, 1.54) is 0 Å². The highest BCUT2D eigenvalue weighted by atomic mass is 16.5. The highest BCUT2D eigenvalue weighted by molar-refractivity contribution is 5.90. The van der Waals surface area contributed by atoms with Gasteiger partial charge in [0.25, 0.3) is 0 Å². The molecule has 0 aromatic heterocycles. The SMILES string of the molecule is CC[C@H](C)[C@@H]([C@@H](CC(=O)N1CCC[C@H]1[C@H](OC)[C@@H](C)C(=O)C[C@H](C)[C@H](C)O)OC)N(C)C(=O)[C@@H](CC(=O)[C@H](C(C)C)N(C)C(C)(C)C)C(C)C. The molecule has 0 bridgehead atoms. The van der Waals surface area contributed by atoms with Crippen molar-refractivity contribution in [2.75, 3.05) is 34.9 Å². The molecule has 0 spiro atoms. The number of carbonyl (C=O) groups excluding carboxylic acids is 4. The first-order chi connectivity index (χ1) is 23.1. The van der Waals surface area contributed by atoms with Gasteiger partial charge in [-0.1, -0.05) is 61.8 Å². The summed E-state index contributed by atoms with van der Waals surface area (Å²) in [6.07, 6.45) is 1.15. The lowest BCUT2D eigenvalue weighted by atomic mass is 9.83. The van der Waals surface area contributed by atoms with E-state index in [2.05, 4.69) is 53.4 Å². The quantitative estimate of drug-likeness (QED) is 0.157. The van der Waals surface area contributed by atoms with Gasteiger partial charge in [0.2, 0.25) is 11.8 Å². The fourth-order valence-corrected chi connectivity index (χ4v) is 7.67. The van der Waals surface area contributed by atoms with Crippen molar-refractivity contribution in [1.29, 1.82) is 0 Å². The van der Waals surface area contributed by atoms with Crippen molar-refractivity contribution in [2.24, 2.45) is 35.5 Å². The molecule has 0 aromatic carbocycles. The third-order valence-corrected chi connectivity index (χ3v) is 11.7. The molecule has 10 heteroatoms. The highest BCUT2D eigenvalue weighted by Gasteiger charge is 2.43. The summed E-state index contributed by atoms with van der Waals surface area (Å²) in [6, 6.07) is -0.964. The minimum Gasteiger partial charge on any atom is -0.393 e. The fraction of sp³-hybridized carbons (Fsp3) is 0.900. The van der Waals surface area contributed by atoms with Crippen molar-refractivity contribution in [1.82, 2.24) is 14.7 Å². The molecule has 292 valence electrons. The van der Waals surface area contributed by atoms with Crippen LogP contribution in [-0.2, 0) is 28.7 Å². The molecule has 1 fully saturated rings. The lowest BCUT2D eigenvalue weighted by molar-refractivity contribution is -0.149. The van der Waals surface area contributed by atoms with E-state index in [4.69, 9.17) is 9.47 Å². The summed E-state index contributed by atoms with van der Waals surface area (Å²) in [4.78, 5) is 61.3. The van der Waals surface area contributed by atoms with Gasteiger partial charge in [0.05, 0.1) is 42.9 Å². The zero-order valence-corrected chi connectivity index (χ0v) is 34.6. The Balaban J connectivity index is 3.31. The van der Waals surface area contributed by atoms with E-state index in [9.17, 15) is 24.3 Å². The molecule has 0 aromatic rings. The number of nitrogens with zero attached hydrogens (tertiary/aromatic N) is 3. The summed E-state index contributed by atoms with van der Waals surface area (Å²) in [6.45, 7) is 24.5. The number of carbonyl (C=O) groups is 4. The minimum atomic E-state index is -0.588. The number of aliphatic hydroxyl groups is 1. The summed E-state index contributed by atoms with van der Waals surface area (Å²) >= 11 is 0. The standard InChI is InChI=1S/C40H75N3O7/c1-17-26(6)37(41(13)39(48)30(24(2)3)22-33(46)36(25(4)5)42(14)40(10,11)12)34(49-15)23-35(47)43-20-18-19-31(43)38(50-16)28(8)32(45)21-27(7)29(9)44/h24-31,34,36-38,44H,17-23H2,1-16H3/t26-,27-,28-,29-,30-,31-,34+,36-,37-,38+/m0/s1. The first kappa shape index (κ1) is 46.1. The smallest absolute Gasteiger partial charge is 0.226 e. The van der Waals surface area contributed by atoms with Crippen LogP contribution < -0.4 is 0 Å². The molecule has 1 N–H and O–H groups in total. The van der Waals surface area contributed by atoms with Crippen LogP contribution in [0.1, 0.15) is 122 Å². The molecule has 0 saturated carbocycles. The Labute approximate surface area is 305 Å². The van der Waals surface area contributed by atoms with Gasteiger partial charge in [-0.25, -0.2) is 0 Å². The maximum Gasteiger partial charge on any atom is 0.226 e. The van der Waals surface area contributed by atoms with Crippen molar-refractivity contribution in [3.8, 4) is 0 Å². The number of hydrogen-bond acceptors (Lipinski definition) is 8. The highest BCUT2D eigenvalue weighted by Crippen LogP contribution is 2.32. The largest absolute Gasteiger partial charge is 0.393 e. The molecule has 50 heavy (non-hydrogen) atoms. The Hall–Kier alpha value is -1.88. The number of likely N-dealkylation sites (tertiary alicyclic amines) is 1. The Morgan fingerprint density at radius 3 is 1.86 bits per heavy atom. The predicted octanol–water partition coefficient (Wildman–Crippen LogP) is 5.87. The summed E-state index contributed by atoms with van der Waals surface area (Å²) < 4.78 is 11.9. The monoisotopic (exact) mass is 710 g/mol. The van der Waals surface area contributed by atoms with Gasteiger partial charge in [0.1, 0.15) is 5.78 Å². The average molecular weight is 710 g/mol. The Morgan fingerprint density at radius 2 is 1.42 bits per heavy atom. The number of amides is 2. The number of Topliss-reactive ketones (excluding diaryl/α,β-unsaturated/α-hetero) is 2. The number of hydrogen-bond donors (Lipinski definition) is 1. The molecule has 2 amide bonds. The van der Waals surface area contributed by atoms with Crippen LogP contribution in [-0.4, -0.2) is 120 Å². The first-order valence-electron chi connectivity index (χ1n) is 19.1. The van der Waals surface area contributed by atoms with Gasteiger partial charge >= 0.3 is 0 Å². The number of rotatable bonds is 21. The topological polar surface area (TPSA) is 117 Å². The van der Waals surface area contributed by atoms with Crippen molar-refractivity contribution < 1.29 is 33.8 Å². The second-order valence-electron chi connectivity index (χ2n) is 17.0. The molecular weight excluding hydrogens is 634 g/mol. The molecule has 1 aliphatic heterocycles. The zero-order chi connectivity index (χ0) is 38.8. The maximum absolute atomic E-state index is 14.4. The van der Waals surface area contributed by atoms with E-state index in [0.29, 0.717) is 6.54 Å². The van der Waals surface area contributed by atoms with E-state index in [-0.39, 0.29) is 83.9 Å². The van der Waals surface area contributed by atoms with E-state index < -0.39 is 36.2 Å². The fourth-order valence-electron chi connectivity index (χ4n) is 7.67. The average Bonchev–Trinajstić information content (AvgIpc) is 3.51. The van der Waals surface area contributed by atoms with Crippen LogP contribution in [0.3, 0.4) is 0 Å². The van der Waals surface area contributed by atoms with Gasteiger partial charge in [0.15, 0.2) is 5.78 Å². The predicted molar refractivity (Wildman–Crippen MR) is 201 cm³/mol. The molecule has 10 atom stereocenters. The first-order valence-corrected chi connectivity index (χ1v) is 19.1. The van der Waals surface area contributed by atoms with Crippen LogP contribution in [0.2, 0.25) is 0 Å². The number of ether oxygens (including phenoxy) is 2. The van der Waals surface area contributed by atoms with Crippen LogP contribution >= 0.6 is 0 Å². The second kappa shape index (κ2) is 20.4. The van der Waals surface area contributed by atoms with Crippen molar-refractivity contribution >= 4 is 23.4 Å². The maximum atomic E-state index is 14.4. The summed E-state index contributed by atoms with van der Waals surface area (Å²) in [5.41, 5.74) is -0.207. The van der Waals surface area contributed by atoms with Gasteiger partial charge in [-0.2, -0.15) is 0 Å². The Kier molecular flexibility index (Phi) is 18.8. The molecule has 0 radical (unpaired) electrons. The Morgan fingerprint density at radius 1 is 0.840 bits per heavy atom. The third kappa shape index (κ3) is 12.1. The number of likely N-dealkylation sites (N-methyl/N-ethyl adjacent to an activating group) is 2. The van der Waals surface area contributed by atoms with Crippen LogP contribution in [0.25, 0.3) is 0 Å². The van der Waals surface area contributed by atoms with Gasteiger partial charge in [-0.3, -0.25) is 24.1 Å². The Bertz CT molecular complexity index is 1090. The molecule has 10 nitrogen and oxygen atoms in total. The molecule has 1 saturated heterocycles. The second-order valence-corrected chi connectivity index (χ2v) is 17.0. The van der Waals surface area contributed by atoms with Gasteiger partial charge in [0, 0.05) is 58.0 Å². The number of methoxy groups -OCH3 is 2. The molecule has 1 aliphatic rings. The molecule has 1 rings (SSSR count). The van der Waals surface area contributed by atoms with Crippen LogP contribution in [0.4, 0.5) is 0 Å². The number of aliphatic hydroxyl groups excluding tert-OH is 1. The van der Waals surface area contributed by atoms with Crippen molar-refractivity contribution in [2.45, 2.75) is 164 Å². The lowest BCUT2D eigenvalue weighted by Gasteiger charge is -2.42. The summed E-state index contributed by atoms with van der Waals surface area (Å²) in [7, 11) is 6.95. The zero-order valence-electron chi connectivity index (χ0n) is 34.6. The summed E-state index contributed by atoms with van der Waals surface area (Å²) in [5, 5.41) is 9.95. The third-order valence-electron chi connectivity index (χ3n) is 11.7. The molecule has 0 aliphatic carbocycles. The van der Waals surface area contributed by atoms with E-state index in [1.54, 1.807) is 33.1 Å². The van der Waals surface area contributed by atoms with Crippen LogP contribution in [0.5, 0.6) is 0 Å². The molecule has 0 unspecified atom stereocenters. The molecular formula is C40H75N3O7. The van der Waals surface area contributed by atoms with Crippen LogP contribution in [0, 0.1) is 35.5 Å². The normalized spacial score (nSPS) is 21.0. The van der Waals surface area contributed by atoms with Gasteiger partial charge < -0.3 is 24.4 Å². The van der Waals surface area contributed by atoms with Gasteiger partial charge in [-0.05, 0) is 71.3 Å². The summed E-state index contributed by atoms with van der Waals surface area (Å²) in [5.74, 6) is -1.19. The number of ketones is 2. The van der Waals surface area contributed by atoms with Crippen molar-refractivity contribution in [3.05, 3.63) is 0 Å². The van der Waals surface area contributed by atoms with Crippen LogP contribution in [0.15, 0.2) is 0 Å².